The maximum absolute atomic E-state index is 11.4. The van der Waals surface area contributed by atoms with Gasteiger partial charge < -0.3 is 19.9 Å². The molecule has 1 saturated heterocycles. The SMILES string of the molecule is CNCc1ccc(N2CCN(C(C)=O)CC2)c(OC(C)C)c1. The predicted octanol–water partition coefficient (Wildman–Crippen LogP) is 1.86. The standard InChI is InChI=1S/C17H27N3O2/c1-13(2)22-17-11-15(12-18-4)5-6-16(17)20-9-7-19(8-10-20)14(3)21/h5-6,11,13,18H,7-10,12H2,1-4H3. The monoisotopic (exact) mass is 305 g/mol. The molecule has 1 amide bonds. The van der Waals surface area contributed by atoms with Crippen LogP contribution in [-0.4, -0.2) is 50.1 Å². The molecular weight excluding hydrogens is 278 g/mol. The Balaban J connectivity index is 2.17. The zero-order valence-corrected chi connectivity index (χ0v) is 14.1. The third-order valence-corrected chi connectivity index (χ3v) is 3.83. The fourth-order valence-electron chi connectivity index (χ4n) is 2.74. The minimum Gasteiger partial charge on any atom is -0.489 e. The molecule has 0 unspecified atom stereocenters. The molecule has 1 fully saturated rings. The molecule has 1 aromatic carbocycles. The molecule has 1 aliphatic rings. The van der Waals surface area contributed by atoms with E-state index in [9.17, 15) is 4.79 Å². The molecule has 0 spiro atoms. The summed E-state index contributed by atoms with van der Waals surface area (Å²) < 4.78 is 6.01. The molecule has 0 aliphatic carbocycles. The van der Waals surface area contributed by atoms with E-state index in [1.165, 1.54) is 5.56 Å². The lowest BCUT2D eigenvalue weighted by molar-refractivity contribution is -0.129. The average Bonchev–Trinajstić information content (AvgIpc) is 2.47. The summed E-state index contributed by atoms with van der Waals surface area (Å²) >= 11 is 0. The van der Waals surface area contributed by atoms with Crippen LogP contribution in [0.5, 0.6) is 5.75 Å². The fourth-order valence-corrected chi connectivity index (χ4v) is 2.74. The molecule has 122 valence electrons. The zero-order chi connectivity index (χ0) is 16.1. The van der Waals surface area contributed by atoms with E-state index in [1.54, 1.807) is 6.92 Å². The summed E-state index contributed by atoms with van der Waals surface area (Å²) in [5.41, 5.74) is 2.33. The van der Waals surface area contributed by atoms with Crippen LogP contribution in [0.15, 0.2) is 18.2 Å². The van der Waals surface area contributed by atoms with Gasteiger partial charge in [-0.1, -0.05) is 6.07 Å². The van der Waals surface area contributed by atoms with Gasteiger partial charge in [0.25, 0.3) is 0 Å². The highest BCUT2D eigenvalue weighted by Crippen LogP contribution is 2.31. The number of benzene rings is 1. The van der Waals surface area contributed by atoms with E-state index in [4.69, 9.17) is 4.74 Å². The highest BCUT2D eigenvalue weighted by molar-refractivity contribution is 5.73. The lowest BCUT2D eigenvalue weighted by Crippen LogP contribution is -2.48. The van der Waals surface area contributed by atoms with E-state index in [-0.39, 0.29) is 12.0 Å². The second kappa shape index (κ2) is 7.49. The minimum absolute atomic E-state index is 0.141. The molecule has 0 bridgehead atoms. The third kappa shape index (κ3) is 4.13. The quantitative estimate of drug-likeness (QED) is 0.902. The van der Waals surface area contributed by atoms with Gasteiger partial charge in [-0.05, 0) is 38.6 Å². The Morgan fingerprint density at radius 3 is 2.50 bits per heavy atom. The van der Waals surface area contributed by atoms with Crippen molar-refractivity contribution in [3.05, 3.63) is 23.8 Å². The first-order chi connectivity index (χ1) is 10.5. The fraction of sp³-hybridized carbons (Fsp3) is 0.588. The molecule has 1 aromatic rings. The van der Waals surface area contributed by atoms with Crippen LogP contribution in [-0.2, 0) is 11.3 Å². The predicted molar refractivity (Wildman–Crippen MR) is 89.4 cm³/mol. The maximum atomic E-state index is 11.4. The highest BCUT2D eigenvalue weighted by Gasteiger charge is 2.21. The second-order valence-corrected chi connectivity index (χ2v) is 5.99. The molecule has 1 heterocycles. The third-order valence-electron chi connectivity index (χ3n) is 3.83. The van der Waals surface area contributed by atoms with Crippen molar-refractivity contribution < 1.29 is 9.53 Å². The summed E-state index contributed by atoms with van der Waals surface area (Å²) in [6.07, 6.45) is 0.141. The zero-order valence-electron chi connectivity index (χ0n) is 14.1. The van der Waals surface area contributed by atoms with E-state index >= 15 is 0 Å². The van der Waals surface area contributed by atoms with Crippen molar-refractivity contribution in [1.82, 2.24) is 10.2 Å². The van der Waals surface area contributed by atoms with Crippen LogP contribution < -0.4 is 15.0 Å². The molecule has 2 rings (SSSR count). The van der Waals surface area contributed by atoms with Gasteiger partial charge in [-0.2, -0.15) is 0 Å². The van der Waals surface area contributed by atoms with Gasteiger partial charge >= 0.3 is 0 Å². The first kappa shape index (κ1) is 16.6. The topological polar surface area (TPSA) is 44.8 Å². The van der Waals surface area contributed by atoms with Gasteiger partial charge in [0.2, 0.25) is 5.91 Å². The van der Waals surface area contributed by atoms with Crippen molar-refractivity contribution in [2.24, 2.45) is 0 Å². The van der Waals surface area contributed by atoms with Gasteiger partial charge in [-0.25, -0.2) is 0 Å². The van der Waals surface area contributed by atoms with Crippen LogP contribution in [0.4, 0.5) is 5.69 Å². The van der Waals surface area contributed by atoms with Crippen molar-refractivity contribution in [3.8, 4) is 5.75 Å². The van der Waals surface area contributed by atoms with Crippen LogP contribution in [0.25, 0.3) is 0 Å². The number of anilines is 1. The summed E-state index contributed by atoms with van der Waals surface area (Å²) in [6, 6.07) is 6.38. The number of hydrogen-bond donors (Lipinski definition) is 1. The van der Waals surface area contributed by atoms with Crippen molar-refractivity contribution in [2.45, 2.75) is 33.4 Å². The number of carbonyl (C=O) groups excluding carboxylic acids is 1. The van der Waals surface area contributed by atoms with E-state index in [0.717, 1.165) is 44.2 Å². The van der Waals surface area contributed by atoms with Crippen molar-refractivity contribution in [3.63, 3.8) is 0 Å². The molecule has 5 nitrogen and oxygen atoms in total. The molecule has 0 atom stereocenters. The van der Waals surface area contributed by atoms with Crippen molar-refractivity contribution in [1.29, 1.82) is 0 Å². The Morgan fingerprint density at radius 2 is 1.95 bits per heavy atom. The van der Waals surface area contributed by atoms with E-state index in [2.05, 4.69) is 28.4 Å². The van der Waals surface area contributed by atoms with Crippen molar-refractivity contribution >= 4 is 11.6 Å². The number of piperazine rings is 1. The summed E-state index contributed by atoms with van der Waals surface area (Å²) in [5, 5.41) is 3.17. The number of amides is 1. The van der Waals surface area contributed by atoms with Gasteiger partial charge in [-0.3, -0.25) is 4.79 Å². The number of ether oxygens (including phenoxy) is 1. The molecule has 0 aromatic heterocycles. The van der Waals surface area contributed by atoms with Crippen LogP contribution in [0.1, 0.15) is 26.3 Å². The lowest BCUT2D eigenvalue weighted by atomic mass is 10.1. The van der Waals surface area contributed by atoms with Crippen LogP contribution in [0, 0.1) is 0 Å². The Labute approximate surface area is 133 Å². The lowest BCUT2D eigenvalue weighted by Gasteiger charge is -2.36. The smallest absolute Gasteiger partial charge is 0.219 e. The Bertz CT molecular complexity index is 509. The molecule has 22 heavy (non-hydrogen) atoms. The number of carbonyl (C=O) groups is 1. The van der Waals surface area contributed by atoms with E-state index in [0.29, 0.717) is 0 Å². The molecule has 1 aliphatic heterocycles. The van der Waals surface area contributed by atoms with Gasteiger partial charge in [-0.15, -0.1) is 0 Å². The first-order valence-corrected chi connectivity index (χ1v) is 7.96. The Morgan fingerprint density at radius 1 is 1.27 bits per heavy atom. The summed E-state index contributed by atoms with van der Waals surface area (Å²) in [4.78, 5) is 15.7. The maximum Gasteiger partial charge on any atom is 0.219 e. The van der Waals surface area contributed by atoms with Gasteiger partial charge in [0, 0.05) is 39.6 Å². The number of rotatable bonds is 5. The highest BCUT2D eigenvalue weighted by atomic mass is 16.5. The van der Waals surface area contributed by atoms with Crippen LogP contribution >= 0.6 is 0 Å². The molecule has 5 heteroatoms. The average molecular weight is 305 g/mol. The van der Waals surface area contributed by atoms with Gasteiger partial charge in [0.05, 0.1) is 11.8 Å². The first-order valence-electron chi connectivity index (χ1n) is 7.96. The minimum atomic E-state index is 0.141. The summed E-state index contributed by atoms with van der Waals surface area (Å²) in [5.74, 6) is 1.08. The Hall–Kier alpha value is -1.75. The Kier molecular flexibility index (Phi) is 5.66. The van der Waals surface area contributed by atoms with Crippen molar-refractivity contribution in [2.75, 3.05) is 38.1 Å². The molecular formula is C17H27N3O2. The molecule has 0 radical (unpaired) electrons. The van der Waals surface area contributed by atoms with Crippen LogP contribution in [0.3, 0.4) is 0 Å². The molecule has 1 N–H and O–H groups in total. The normalized spacial score (nSPS) is 15.3. The number of nitrogens with zero attached hydrogens (tertiary/aromatic N) is 2. The van der Waals surface area contributed by atoms with Gasteiger partial charge in [0.15, 0.2) is 0 Å². The van der Waals surface area contributed by atoms with E-state index in [1.807, 2.05) is 25.8 Å². The van der Waals surface area contributed by atoms with Gasteiger partial charge in [0.1, 0.15) is 5.75 Å². The summed E-state index contributed by atoms with van der Waals surface area (Å²) in [7, 11) is 1.94. The number of hydrogen-bond acceptors (Lipinski definition) is 4. The van der Waals surface area contributed by atoms with E-state index < -0.39 is 0 Å². The summed E-state index contributed by atoms with van der Waals surface area (Å²) in [6.45, 7) is 9.79. The largest absolute Gasteiger partial charge is 0.489 e. The number of nitrogens with one attached hydrogen (secondary N) is 1. The van der Waals surface area contributed by atoms with Crippen LogP contribution in [0.2, 0.25) is 0 Å². The second-order valence-electron chi connectivity index (χ2n) is 5.99. The molecule has 0 saturated carbocycles.